The molecule has 1 fully saturated rings. The summed E-state index contributed by atoms with van der Waals surface area (Å²) < 4.78 is 0.196. The minimum Gasteiger partial charge on any atom is -0.479 e. The molecule has 0 bridgehead atoms. The lowest BCUT2D eigenvalue weighted by atomic mass is 10.1. The molecule has 1 amide bonds. The van der Waals surface area contributed by atoms with Gasteiger partial charge in [0.15, 0.2) is 6.04 Å². The van der Waals surface area contributed by atoms with Gasteiger partial charge in [0.25, 0.3) is 5.91 Å². The van der Waals surface area contributed by atoms with Crippen LogP contribution in [0.15, 0.2) is 65.7 Å². The molecule has 1 aliphatic rings. The summed E-state index contributed by atoms with van der Waals surface area (Å²) in [6.45, 7) is 0. The number of carbonyl (C=O) groups is 2. The molecule has 0 radical (unpaired) electrons. The maximum Gasteiger partial charge on any atom is 0.331 e. The van der Waals surface area contributed by atoms with Crippen molar-refractivity contribution in [2.24, 2.45) is 0 Å². The number of hydrogen-bond donors (Lipinski definition) is 1. The third-order valence-corrected chi connectivity index (χ3v) is 5.51. The van der Waals surface area contributed by atoms with Crippen molar-refractivity contribution in [2.45, 2.75) is 6.04 Å². The van der Waals surface area contributed by atoms with Crippen LogP contribution < -0.4 is 0 Å². The van der Waals surface area contributed by atoms with Crippen molar-refractivity contribution in [3.63, 3.8) is 0 Å². The van der Waals surface area contributed by atoms with E-state index in [0.29, 0.717) is 21.7 Å². The van der Waals surface area contributed by atoms with E-state index in [-0.39, 0.29) is 4.32 Å². The Hall–Kier alpha value is -3.10. The molecule has 0 spiro atoms. The highest BCUT2D eigenvalue weighted by Gasteiger charge is 2.41. The number of para-hydroxylation sites is 2. The fraction of sp³-hybridized carbons (Fsp3) is 0.0500. The van der Waals surface area contributed by atoms with Gasteiger partial charge in [0, 0.05) is 0 Å². The Morgan fingerprint density at radius 2 is 1.79 bits per heavy atom. The summed E-state index contributed by atoms with van der Waals surface area (Å²) in [6, 6.07) is 14.8. The summed E-state index contributed by atoms with van der Waals surface area (Å²) >= 11 is 6.37. The Kier molecular flexibility index (Phi) is 4.89. The van der Waals surface area contributed by atoms with Gasteiger partial charge in [0.2, 0.25) is 0 Å². The third-order valence-electron chi connectivity index (χ3n) is 4.18. The maximum absolute atomic E-state index is 12.9. The molecular formula is C20H13N3O3S2. The number of carbonyl (C=O) groups excluding carboxylic acids is 1. The van der Waals surface area contributed by atoms with E-state index in [1.165, 1.54) is 0 Å². The van der Waals surface area contributed by atoms with E-state index in [1.54, 1.807) is 42.6 Å². The highest BCUT2D eigenvalue weighted by atomic mass is 32.2. The van der Waals surface area contributed by atoms with Gasteiger partial charge >= 0.3 is 5.97 Å². The van der Waals surface area contributed by atoms with E-state index >= 15 is 0 Å². The Balaban J connectivity index is 1.69. The fourth-order valence-corrected chi connectivity index (χ4v) is 4.21. The number of benzene rings is 2. The van der Waals surface area contributed by atoms with Crippen LogP contribution in [0.5, 0.6) is 0 Å². The second-order valence-electron chi connectivity index (χ2n) is 5.99. The Labute approximate surface area is 169 Å². The molecule has 2 aromatic carbocycles. The van der Waals surface area contributed by atoms with E-state index in [2.05, 4.69) is 9.97 Å². The van der Waals surface area contributed by atoms with Gasteiger partial charge in [0.1, 0.15) is 4.32 Å². The van der Waals surface area contributed by atoms with Crippen molar-refractivity contribution in [2.75, 3.05) is 0 Å². The van der Waals surface area contributed by atoms with E-state index in [1.807, 2.05) is 24.3 Å². The molecule has 0 saturated carbocycles. The minimum absolute atomic E-state index is 0.196. The molecule has 8 heteroatoms. The number of thiocarbonyl (C=S) groups is 1. The van der Waals surface area contributed by atoms with Crippen molar-refractivity contribution < 1.29 is 14.7 Å². The number of amides is 1. The molecule has 1 aliphatic heterocycles. The van der Waals surface area contributed by atoms with Crippen LogP contribution >= 0.6 is 24.0 Å². The maximum atomic E-state index is 12.9. The number of aromatic nitrogens is 2. The smallest absolute Gasteiger partial charge is 0.331 e. The van der Waals surface area contributed by atoms with Crippen LogP contribution in [0.3, 0.4) is 0 Å². The SMILES string of the molecule is O=C(O)[C@@H](c1ccccc1)N1C(=O)/C(=C/c2cnc3ccccc3n2)SC1=S. The second-order valence-corrected chi connectivity index (χ2v) is 7.66. The first-order valence-electron chi connectivity index (χ1n) is 8.31. The second kappa shape index (κ2) is 7.49. The standard InChI is InChI=1S/C20H13N3O3S2/c24-18-16(10-13-11-21-14-8-4-5-9-15(14)22-13)28-20(27)23(18)17(19(25)26)12-6-2-1-3-7-12/h1-11,17H,(H,25,26)/b16-10-/t17-/m1/s1. The average molecular weight is 407 g/mol. The monoisotopic (exact) mass is 407 g/mol. The van der Waals surface area contributed by atoms with Gasteiger partial charge in [-0.2, -0.15) is 0 Å². The topological polar surface area (TPSA) is 83.4 Å². The van der Waals surface area contributed by atoms with Gasteiger partial charge in [-0.25, -0.2) is 9.78 Å². The van der Waals surface area contributed by atoms with Crippen molar-refractivity contribution >= 4 is 57.3 Å². The molecular weight excluding hydrogens is 394 g/mol. The molecule has 2 heterocycles. The molecule has 0 aliphatic carbocycles. The van der Waals surface area contributed by atoms with Gasteiger partial charge in [0.05, 0.1) is 27.8 Å². The van der Waals surface area contributed by atoms with Crippen molar-refractivity contribution in [1.29, 1.82) is 0 Å². The number of aliphatic carboxylic acids is 1. The molecule has 4 rings (SSSR count). The Morgan fingerprint density at radius 3 is 2.50 bits per heavy atom. The van der Waals surface area contributed by atoms with Crippen LogP contribution in [0.25, 0.3) is 17.1 Å². The zero-order valence-corrected chi connectivity index (χ0v) is 16.0. The zero-order valence-electron chi connectivity index (χ0n) is 14.4. The lowest BCUT2D eigenvalue weighted by molar-refractivity contribution is -0.145. The average Bonchev–Trinajstić information content (AvgIpc) is 2.96. The number of carboxylic acid groups (broad SMARTS) is 1. The van der Waals surface area contributed by atoms with Gasteiger partial charge < -0.3 is 5.11 Å². The largest absolute Gasteiger partial charge is 0.479 e. The lowest BCUT2D eigenvalue weighted by Crippen LogP contribution is -2.37. The first kappa shape index (κ1) is 18.3. The Bertz CT molecular complexity index is 1130. The van der Waals surface area contributed by atoms with E-state index in [4.69, 9.17) is 12.2 Å². The van der Waals surface area contributed by atoms with E-state index in [0.717, 1.165) is 22.2 Å². The number of rotatable bonds is 4. The van der Waals surface area contributed by atoms with Crippen LogP contribution in [-0.4, -0.2) is 36.2 Å². The van der Waals surface area contributed by atoms with E-state index < -0.39 is 17.9 Å². The quantitative estimate of drug-likeness (QED) is 0.522. The van der Waals surface area contributed by atoms with Gasteiger partial charge in [-0.05, 0) is 23.8 Å². The minimum atomic E-state index is -1.18. The molecule has 1 N–H and O–H groups in total. The highest BCUT2D eigenvalue weighted by Crippen LogP contribution is 2.38. The highest BCUT2D eigenvalue weighted by molar-refractivity contribution is 8.26. The van der Waals surface area contributed by atoms with Gasteiger partial charge in [-0.1, -0.05) is 66.4 Å². The lowest BCUT2D eigenvalue weighted by Gasteiger charge is -2.23. The van der Waals surface area contributed by atoms with Crippen LogP contribution in [0.1, 0.15) is 17.3 Å². The number of carboxylic acids is 1. The fourth-order valence-electron chi connectivity index (χ4n) is 2.92. The summed E-state index contributed by atoms with van der Waals surface area (Å²) in [4.78, 5) is 35.1. The predicted octanol–water partition coefficient (Wildman–Crippen LogP) is 3.66. The number of hydrogen-bond acceptors (Lipinski definition) is 6. The van der Waals surface area contributed by atoms with Crippen molar-refractivity contribution in [1.82, 2.24) is 14.9 Å². The molecule has 3 aromatic rings. The van der Waals surface area contributed by atoms with E-state index in [9.17, 15) is 14.7 Å². The number of fused-ring (bicyclic) bond motifs is 1. The Morgan fingerprint density at radius 1 is 1.11 bits per heavy atom. The van der Waals surface area contributed by atoms with Crippen LogP contribution in [0, 0.1) is 0 Å². The summed E-state index contributed by atoms with van der Waals surface area (Å²) in [5.41, 5.74) is 2.45. The summed E-state index contributed by atoms with van der Waals surface area (Å²) in [7, 11) is 0. The first-order valence-corrected chi connectivity index (χ1v) is 9.53. The van der Waals surface area contributed by atoms with Crippen LogP contribution in [-0.2, 0) is 9.59 Å². The summed E-state index contributed by atoms with van der Waals surface area (Å²) in [6.07, 6.45) is 3.16. The molecule has 1 aromatic heterocycles. The molecule has 1 atom stereocenters. The van der Waals surface area contributed by atoms with Gasteiger partial charge in [-0.3, -0.25) is 14.7 Å². The molecule has 138 valence electrons. The summed E-state index contributed by atoms with van der Waals surface area (Å²) in [5.74, 6) is -1.60. The summed E-state index contributed by atoms with van der Waals surface area (Å²) in [5, 5.41) is 9.71. The van der Waals surface area contributed by atoms with Crippen molar-refractivity contribution in [3.8, 4) is 0 Å². The van der Waals surface area contributed by atoms with Gasteiger partial charge in [-0.15, -0.1) is 0 Å². The molecule has 6 nitrogen and oxygen atoms in total. The van der Waals surface area contributed by atoms with Crippen LogP contribution in [0.4, 0.5) is 0 Å². The third kappa shape index (κ3) is 3.39. The zero-order chi connectivity index (χ0) is 19.7. The molecule has 28 heavy (non-hydrogen) atoms. The normalized spacial score (nSPS) is 16.7. The predicted molar refractivity (Wildman–Crippen MR) is 111 cm³/mol. The first-order chi connectivity index (χ1) is 13.5. The molecule has 0 unspecified atom stereocenters. The van der Waals surface area contributed by atoms with Crippen molar-refractivity contribution in [3.05, 3.63) is 77.0 Å². The number of nitrogens with zero attached hydrogens (tertiary/aromatic N) is 3. The number of thioether (sulfide) groups is 1. The van der Waals surface area contributed by atoms with Crippen LogP contribution in [0.2, 0.25) is 0 Å². The molecule has 1 saturated heterocycles.